The molecule has 5 heteroatoms. The standard InChI is InChI=1S/C24H24FNO3/c1-28-20-11-7-17(8-12-20)15-23(18-9-13-21(29-2)14-10-18)26-24(27)16-19-5-3-4-6-22(19)25/h3-14,23H,15-16H2,1-2H3,(H,26,27)/t23-/m0/s1. The summed E-state index contributed by atoms with van der Waals surface area (Å²) in [6.45, 7) is 0. The minimum atomic E-state index is -0.376. The highest BCUT2D eigenvalue weighted by Crippen LogP contribution is 2.23. The molecule has 3 aromatic carbocycles. The molecule has 3 aromatic rings. The Morgan fingerprint density at radius 2 is 1.48 bits per heavy atom. The molecule has 1 N–H and O–H groups in total. The van der Waals surface area contributed by atoms with Gasteiger partial charge in [0.05, 0.1) is 26.7 Å². The Labute approximate surface area is 170 Å². The Morgan fingerprint density at radius 3 is 2.07 bits per heavy atom. The van der Waals surface area contributed by atoms with Crippen LogP contribution in [0.3, 0.4) is 0 Å². The van der Waals surface area contributed by atoms with E-state index in [1.807, 2.05) is 48.5 Å². The van der Waals surface area contributed by atoms with Crippen molar-refractivity contribution in [3.05, 3.63) is 95.3 Å². The molecule has 0 spiro atoms. The van der Waals surface area contributed by atoms with Gasteiger partial charge >= 0.3 is 0 Å². The van der Waals surface area contributed by atoms with E-state index in [4.69, 9.17) is 9.47 Å². The minimum absolute atomic E-state index is 0.0120. The van der Waals surface area contributed by atoms with Crippen molar-refractivity contribution in [3.63, 3.8) is 0 Å². The highest BCUT2D eigenvalue weighted by Gasteiger charge is 2.17. The van der Waals surface area contributed by atoms with Gasteiger partial charge in [0.25, 0.3) is 0 Å². The van der Waals surface area contributed by atoms with E-state index < -0.39 is 0 Å². The fraction of sp³-hybridized carbons (Fsp3) is 0.208. The van der Waals surface area contributed by atoms with E-state index in [-0.39, 0.29) is 24.2 Å². The first kappa shape index (κ1) is 20.4. The zero-order valence-corrected chi connectivity index (χ0v) is 16.5. The zero-order chi connectivity index (χ0) is 20.6. The van der Waals surface area contributed by atoms with Crippen molar-refractivity contribution in [2.75, 3.05) is 14.2 Å². The number of halogens is 1. The number of amides is 1. The molecule has 4 nitrogen and oxygen atoms in total. The lowest BCUT2D eigenvalue weighted by Crippen LogP contribution is -2.31. The topological polar surface area (TPSA) is 47.6 Å². The molecule has 0 heterocycles. The number of ether oxygens (including phenoxy) is 2. The lowest BCUT2D eigenvalue weighted by Gasteiger charge is -2.20. The smallest absolute Gasteiger partial charge is 0.225 e. The van der Waals surface area contributed by atoms with Crippen molar-refractivity contribution < 1.29 is 18.7 Å². The lowest BCUT2D eigenvalue weighted by atomic mass is 9.98. The molecule has 0 aliphatic rings. The van der Waals surface area contributed by atoms with Crippen LogP contribution in [0, 0.1) is 5.82 Å². The first-order chi connectivity index (χ1) is 14.1. The summed E-state index contributed by atoms with van der Waals surface area (Å²) in [5.41, 5.74) is 2.38. The van der Waals surface area contributed by atoms with Crippen molar-refractivity contribution in [1.82, 2.24) is 5.32 Å². The Bertz CT molecular complexity index is 939. The van der Waals surface area contributed by atoms with E-state index >= 15 is 0 Å². The molecular formula is C24H24FNO3. The van der Waals surface area contributed by atoms with Gasteiger partial charge in [-0.1, -0.05) is 42.5 Å². The van der Waals surface area contributed by atoms with Gasteiger partial charge in [-0.15, -0.1) is 0 Å². The molecule has 3 rings (SSSR count). The summed E-state index contributed by atoms with van der Waals surface area (Å²) in [4.78, 5) is 12.6. The van der Waals surface area contributed by atoms with Gasteiger partial charge in [0, 0.05) is 0 Å². The van der Waals surface area contributed by atoms with Crippen molar-refractivity contribution >= 4 is 5.91 Å². The number of methoxy groups -OCH3 is 2. The highest BCUT2D eigenvalue weighted by molar-refractivity contribution is 5.79. The van der Waals surface area contributed by atoms with E-state index in [0.29, 0.717) is 12.0 Å². The van der Waals surface area contributed by atoms with Crippen molar-refractivity contribution in [2.45, 2.75) is 18.9 Å². The molecule has 0 bridgehead atoms. The summed E-state index contributed by atoms with van der Waals surface area (Å²) in [6, 6.07) is 21.4. The summed E-state index contributed by atoms with van der Waals surface area (Å²) in [5, 5.41) is 3.05. The van der Waals surface area contributed by atoms with Gasteiger partial charge in [0.15, 0.2) is 0 Å². The third-order valence-electron chi connectivity index (χ3n) is 4.76. The number of hydrogen-bond donors (Lipinski definition) is 1. The number of carbonyl (C=O) groups is 1. The van der Waals surface area contributed by atoms with Gasteiger partial charge in [-0.25, -0.2) is 4.39 Å². The molecule has 0 radical (unpaired) electrons. The predicted molar refractivity (Wildman–Crippen MR) is 111 cm³/mol. The fourth-order valence-electron chi connectivity index (χ4n) is 3.15. The van der Waals surface area contributed by atoms with Gasteiger partial charge in [-0.3, -0.25) is 4.79 Å². The SMILES string of the molecule is COc1ccc(C[C@H](NC(=O)Cc2ccccc2F)c2ccc(OC)cc2)cc1. The maximum atomic E-state index is 13.9. The average molecular weight is 393 g/mol. The molecular weight excluding hydrogens is 369 g/mol. The van der Waals surface area contributed by atoms with Crippen LogP contribution in [-0.2, 0) is 17.6 Å². The normalized spacial score (nSPS) is 11.6. The second-order valence-electron chi connectivity index (χ2n) is 6.71. The predicted octanol–water partition coefficient (Wildman–Crippen LogP) is 4.49. The van der Waals surface area contributed by atoms with Crippen molar-refractivity contribution in [2.24, 2.45) is 0 Å². The fourth-order valence-corrected chi connectivity index (χ4v) is 3.15. The molecule has 0 aliphatic carbocycles. The van der Waals surface area contributed by atoms with Crippen LogP contribution in [0.1, 0.15) is 22.7 Å². The maximum Gasteiger partial charge on any atom is 0.225 e. The number of nitrogens with one attached hydrogen (secondary N) is 1. The van der Waals surface area contributed by atoms with Crippen LogP contribution in [0.4, 0.5) is 4.39 Å². The van der Waals surface area contributed by atoms with Crippen LogP contribution < -0.4 is 14.8 Å². The molecule has 29 heavy (non-hydrogen) atoms. The first-order valence-corrected chi connectivity index (χ1v) is 9.38. The Kier molecular flexibility index (Phi) is 6.85. The molecule has 1 amide bonds. The first-order valence-electron chi connectivity index (χ1n) is 9.38. The van der Waals surface area contributed by atoms with Crippen LogP contribution >= 0.6 is 0 Å². The van der Waals surface area contributed by atoms with E-state index in [1.54, 1.807) is 32.4 Å². The number of carbonyl (C=O) groups excluding carboxylic acids is 1. The molecule has 0 aromatic heterocycles. The largest absolute Gasteiger partial charge is 0.497 e. The molecule has 0 saturated heterocycles. The molecule has 0 saturated carbocycles. The summed E-state index contributed by atoms with van der Waals surface area (Å²) in [6.07, 6.45) is 0.585. The third-order valence-corrected chi connectivity index (χ3v) is 4.76. The van der Waals surface area contributed by atoms with Crippen LogP contribution in [0.25, 0.3) is 0 Å². The second kappa shape index (κ2) is 9.73. The van der Waals surface area contributed by atoms with Gasteiger partial charge < -0.3 is 14.8 Å². The highest BCUT2D eigenvalue weighted by atomic mass is 19.1. The molecule has 150 valence electrons. The number of hydrogen-bond acceptors (Lipinski definition) is 3. The molecule has 1 atom stereocenters. The minimum Gasteiger partial charge on any atom is -0.497 e. The van der Waals surface area contributed by atoms with E-state index in [0.717, 1.165) is 22.6 Å². The summed E-state index contributed by atoms with van der Waals surface area (Å²) in [5.74, 6) is 0.913. The van der Waals surface area contributed by atoms with E-state index in [2.05, 4.69) is 5.32 Å². The Hall–Kier alpha value is -3.34. The monoisotopic (exact) mass is 393 g/mol. The second-order valence-corrected chi connectivity index (χ2v) is 6.71. The maximum absolute atomic E-state index is 13.9. The van der Waals surface area contributed by atoms with E-state index in [1.165, 1.54) is 6.07 Å². The van der Waals surface area contributed by atoms with Gasteiger partial charge in [-0.05, 0) is 53.4 Å². The molecule has 0 fully saturated rings. The average Bonchev–Trinajstić information content (AvgIpc) is 2.75. The van der Waals surface area contributed by atoms with Gasteiger partial charge in [0.2, 0.25) is 5.91 Å². The van der Waals surface area contributed by atoms with Gasteiger partial charge in [-0.2, -0.15) is 0 Å². The lowest BCUT2D eigenvalue weighted by molar-refractivity contribution is -0.121. The summed E-state index contributed by atoms with van der Waals surface area (Å²) in [7, 11) is 3.23. The summed E-state index contributed by atoms with van der Waals surface area (Å²) >= 11 is 0. The van der Waals surface area contributed by atoms with Crippen LogP contribution in [-0.4, -0.2) is 20.1 Å². The summed E-state index contributed by atoms with van der Waals surface area (Å²) < 4.78 is 24.3. The third kappa shape index (κ3) is 5.57. The molecule has 0 unspecified atom stereocenters. The van der Waals surface area contributed by atoms with Crippen molar-refractivity contribution in [3.8, 4) is 11.5 Å². The van der Waals surface area contributed by atoms with Crippen LogP contribution in [0.5, 0.6) is 11.5 Å². The number of rotatable bonds is 8. The molecule has 0 aliphatic heterocycles. The van der Waals surface area contributed by atoms with Crippen LogP contribution in [0.15, 0.2) is 72.8 Å². The Balaban J connectivity index is 1.79. The Morgan fingerprint density at radius 1 is 0.897 bits per heavy atom. The number of benzene rings is 3. The van der Waals surface area contributed by atoms with Crippen LogP contribution in [0.2, 0.25) is 0 Å². The van der Waals surface area contributed by atoms with Gasteiger partial charge in [0.1, 0.15) is 17.3 Å². The zero-order valence-electron chi connectivity index (χ0n) is 16.5. The quantitative estimate of drug-likeness (QED) is 0.614. The van der Waals surface area contributed by atoms with E-state index in [9.17, 15) is 9.18 Å². The van der Waals surface area contributed by atoms with Crippen molar-refractivity contribution in [1.29, 1.82) is 0 Å².